The molecule has 0 unspecified atom stereocenters. The first-order valence-corrected chi connectivity index (χ1v) is 6.87. The molecule has 4 nitrogen and oxygen atoms in total. The minimum atomic E-state index is 0.203. The summed E-state index contributed by atoms with van der Waals surface area (Å²) in [6.07, 6.45) is 3.00. The average molecular weight is 261 g/mol. The lowest BCUT2D eigenvalue weighted by Crippen LogP contribution is -2.33. The zero-order valence-electron chi connectivity index (χ0n) is 11.8. The van der Waals surface area contributed by atoms with Crippen LogP contribution in [0.2, 0.25) is 0 Å². The average Bonchev–Trinajstić information content (AvgIpc) is 3.16. The number of hydrogen-bond acceptors (Lipinski definition) is 3. The third kappa shape index (κ3) is 3.19. The first kappa shape index (κ1) is 13.7. The highest BCUT2D eigenvalue weighted by atomic mass is 16.4. The molecule has 1 fully saturated rings. The van der Waals surface area contributed by atoms with E-state index in [2.05, 4.69) is 48.2 Å². The number of oxime groups is 1. The summed E-state index contributed by atoms with van der Waals surface area (Å²) in [6, 6.07) is 8.45. The number of hydrogen-bond donors (Lipinski definition) is 2. The Labute approximate surface area is 114 Å². The Morgan fingerprint density at radius 2 is 2.11 bits per heavy atom. The van der Waals surface area contributed by atoms with Crippen molar-refractivity contribution in [1.82, 2.24) is 0 Å². The van der Waals surface area contributed by atoms with Gasteiger partial charge in [-0.05, 0) is 43.7 Å². The predicted molar refractivity (Wildman–Crippen MR) is 78.8 cm³/mol. The highest BCUT2D eigenvalue weighted by Crippen LogP contribution is 2.49. The van der Waals surface area contributed by atoms with Crippen LogP contribution in [0.25, 0.3) is 0 Å². The van der Waals surface area contributed by atoms with E-state index in [1.807, 2.05) is 0 Å². The van der Waals surface area contributed by atoms with Crippen molar-refractivity contribution in [1.29, 1.82) is 0 Å². The third-order valence-corrected chi connectivity index (χ3v) is 4.01. The minimum absolute atomic E-state index is 0.203. The molecule has 0 heterocycles. The van der Waals surface area contributed by atoms with Crippen molar-refractivity contribution < 1.29 is 5.21 Å². The van der Waals surface area contributed by atoms with Gasteiger partial charge in [0.15, 0.2) is 0 Å². The fourth-order valence-corrected chi connectivity index (χ4v) is 2.68. The van der Waals surface area contributed by atoms with Crippen LogP contribution in [0.15, 0.2) is 29.4 Å². The maximum Gasteiger partial charge on any atom is 0.139 e. The quantitative estimate of drug-likeness (QED) is 0.358. The SMILES string of the molecule is CCN(CC1(CC(N)=NO)CC1)c1ccccc1C. The summed E-state index contributed by atoms with van der Waals surface area (Å²) in [7, 11) is 0. The summed E-state index contributed by atoms with van der Waals surface area (Å²) in [5.41, 5.74) is 8.45. The summed E-state index contributed by atoms with van der Waals surface area (Å²) in [4.78, 5) is 2.40. The molecule has 0 saturated heterocycles. The minimum Gasteiger partial charge on any atom is -0.409 e. The maximum atomic E-state index is 8.73. The van der Waals surface area contributed by atoms with E-state index in [1.165, 1.54) is 11.3 Å². The number of anilines is 1. The van der Waals surface area contributed by atoms with Crippen molar-refractivity contribution >= 4 is 11.5 Å². The Morgan fingerprint density at radius 3 is 2.63 bits per heavy atom. The van der Waals surface area contributed by atoms with E-state index in [0.717, 1.165) is 25.9 Å². The van der Waals surface area contributed by atoms with E-state index >= 15 is 0 Å². The molecule has 0 bridgehead atoms. The number of rotatable bonds is 6. The molecule has 1 aromatic carbocycles. The zero-order valence-corrected chi connectivity index (χ0v) is 11.8. The summed E-state index contributed by atoms with van der Waals surface area (Å²) in [5.74, 6) is 0.346. The Morgan fingerprint density at radius 1 is 1.42 bits per heavy atom. The number of para-hydroxylation sites is 1. The molecule has 1 aliphatic rings. The number of nitrogens with two attached hydrogens (primary N) is 1. The molecule has 104 valence electrons. The molecule has 4 heteroatoms. The maximum absolute atomic E-state index is 8.73. The summed E-state index contributed by atoms with van der Waals surface area (Å²) in [5, 5.41) is 11.8. The highest BCUT2D eigenvalue weighted by molar-refractivity contribution is 5.80. The molecule has 1 aliphatic carbocycles. The normalized spacial score (nSPS) is 17.3. The molecule has 19 heavy (non-hydrogen) atoms. The van der Waals surface area contributed by atoms with Crippen LogP contribution in [0.3, 0.4) is 0 Å². The lowest BCUT2D eigenvalue weighted by atomic mass is 10.00. The highest BCUT2D eigenvalue weighted by Gasteiger charge is 2.44. The zero-order chi connectivity index (χ0) is 13.9. The fourth-order valence-electron chi connectivity index (χ4n) is 2.68. The van der Waals surface area contributed by atoms with Crippen LogP contribution in [0, 0.1) is 12.3 Å². The Balaban J connectivity index is 2.10. The molecule has 0 radical (unpaired) electrons. The molecule has 2 rings (SSSR count). The first-order valence-electron chi connectivity index (χ1n) is 6.87. The van der Waals surface area contributed by atoms with E-state index < -0.39 is 0 Å². The van der Waals surface area contributed by atoms with Crippen LogP contribution in [0.1, 0.15) is 31.7 Å². The fraction of sp³-hybridized carbons (Fsp3) is 0.533. The third-order valence-electron chi connectivity index (χ3n) is 4.01. The van der Waals surface area contributed by atoms with E-state index in [4.69, 9.17) is 10.9 Å². The van der Waals surface area contributed by atoms with Crippen molar-refractivity contribution in [2.45, 2.75) is 33.1 Å². The van der Waals surface area contributed by atoms with Gasteiger partial charge in [-0.2, -0.15) is 0 Å². The number of nitrogens with zero attached hydrogens (tertiary/aromatic N) is 2. The van der Waals surface area contributed by atoms with Crippen molar-refractivity contribution in [2.24, 2.45) is 16.3 Å². The first-order chi connectivity index (χ1) is 9.10. The van der Waals surface area contributed by atoms with Crippen LogP contribution in [-0.2, 0) is 0 Å². The number of amidine groups is 1. The molecule has 1 aromatic rings. The van der Waals surface area contributed by atoms with Crippen LogP contribution >= 0.6 is 0 Å². The van der Waals surface area contributed by atoms with Gasteiger partial charge in [-0.25, -0.2) is 0 Å². The standard InChI is InChI=1S/C15H23N3O/c1-3-18(13-7-5-4-6-12(13)2)11-15(8-9-15)10-14(16)17-19/h4-7,19H,3,8-11H2,1-2H3,(H2,16,17). The number of benzene rings is 1. The second-order valence-electron chi connectivity index (χ2n) is 5.57. The Bertz CT molecular complexity index is 466. The van der Waals surface area contributed by atoms with Gasteiger partial charge in [0.05, 0.1) is 0 Å². The van der Waals surface area contributed by atoms with Crippen molar-refractivity contribution in [3.63, 3.8) is 0 Å². The lowest BCUT2D eigenvalue weighted by molar-refractivity contribution is 0.314. The molecular formula is C15H23N3O. The summed E-state index contributed by atoms with van der Waals surface area (Å²) < 4.78 is 0. The largest absolute Gasteiger partial charge is 0.409 e. The van der Waals surface area contributed by atoms with Crippen LogP contribution in [-0.4, -0.2) is 24.1 Å². The molecule has 0 spiro atoms. The van der Waals surface area contributed by atoms with Gasteiger partial charge < -0.3 is 15.8 Å². The van der Waals surface area contributed by atoms with E-state index in [-0.39, 0.29) is 5.41 Å². The Hall–Kier alpha value is -1.71. The molecule has 0 aliphatic heterocycles. The van der Waals surface area contributed by atoms with E-state index in [0.29, 0.717) is 12.3 Å². The summed E-state index contributed by atoms with van der Waals surface area (Å²) in [6.45, 7) is 6.26. The van der Waals surface area contributed by atoms with E-state index in [1.54, 1.807) is 0 Å². The second kappa shape index (κ2) is 5.51. The van der Waals surface area contributed by atoms with Gasteiger partial charge >= 0.3 is 0 Å². The van der Waals surface area contributed by atoms with Crippen LogP contribution in [0.4, 0.5) is 5.69 Å². The van der Waals surface area contributed by atoms with Crippen LogP contribution in [0.5, 0.6) is 0 Å². The topological polar surface area (TPSA) is 61.8 Å². The number of aryl methyl sites for hydroxylation is 1. The van der Waals surface area contributed by atoms with Crippen LogP contribution < -0.4 is 10.6 Å². The van der Waals surface area contributed by atoms with Gasteiger partial charge in [-0.3, -0.25) is 0 Å². The molecule has 3 N–H and O–H groups in total. The van der Waals surface area contributed by atoms with Gasteiger partial charge in [-0.15, -0.1) is 0 Å². The van der Waals surface area contributed by atoms with Gasteiger partial charge in [-0.1, -0.05) is 23.4 Å². The smallest absolute Gasteiger partial charge is 0.139 e. The van der Waals surface area contributed by atoms with Gasteiger partial charge in [0.1, 0.15) is 5.84 Å². The van der Waals surface area contributed by atoms with Crippen molar-refractivity contribution in [3.05, 3.63) is 29.8 Å². The van der Waals surface area contributed by atoms with Gasteiger partial charge in [0.25, 0.3) is 0 Å². The summed E-state index contributed by atoms with van der Waals surface area (Å²) >= 11 is 0. The second-order valence-corrected chi connectivity index (χ2v) is 5.57. The van der Waals surface area contributed by atoms with Gasteiger partial charge in [0, 0.05) is 25.2 Å². The van der Waals surface area contributed by atoms with Crippen molar-refractivity contribution in [2.75, 3.05) is 18.0 Å². The molecule has 1 saturated carbocycles. The molecule has 0 aromatic heterocycles. The monoisotopic (exact) mass is 261 g/mol. The molecular weight excluding hydrogens is 238 g/mol. The van der Waals surface area contributed by atoms with Crippen molar-refractivity contribution in [3.8, 4) is 0 Å². The van der Waals surface area contributed by atoms with E-state index in [9.17, 15) is 0 Å². The molecule has 0 atom stereocenters. The predicted octanol–water partition coefficient (Wildman–Crippen LogP) is 2.74. The lowest BCUT2D eigenvalue weighted by Gasteiger charge is -2.29. The van der Waals surface area contributed by atoms with Gasteiger partial charge in [0.2, 0.25) is 0 Å². The molecule has 0 amide bonds. The Kier molecular flexibility index (Phi) is 3.98.